The number of rotatable bonds is 4. The van der Waals surface area contributed by atoms with Crippen LogP contribution in [0, 0.1) is 0 Å². The maximum atomic E-state index is 13.1. The van der Waals surface area contributed by atoms with Gasteiger partial charge in [-0.1, -0.05) is 42.5 Å². The number of phenolic OH excluding ortho intramolecular Hbond substituents is 1. The predicted molar refractivity (Wildman–Crippen MR) is 118 cm³/mol. The van der Waals surface area contributed by atoms with Crippen LogP contribution in [0.15, 0.2) is 60.7 Å². The zero-order valence-corrected chi connectivity index (χ0v) is 17.6. The second kappa shape index (κ2) is 9.11. The molecule has 1 fully saturated rings. The number of carbonyl (C=O) groups is 2. The van der Waals surface area contributed by atoms with Gasteiger partial charge in [0.1, 0.15) is 5.75 Å². The van der Waals surface area contributed by atoms with E-state index in [1.54, 1.807) is 34.1 Å². The number of aromatic hydroxyl groups is 1. The van der Waals surface area contributed by atoms with Crippen molar-refractivity contribution >= 4 is 28.3 Å². The second-order valence-electron chi connectivity index (χ2n) is 7.84. The summed E-state index contributed by atoms with van der Waals surface area (Å²) >= 11 is 0. The van der Waals surface area contributed by atoms with E-state index in [1.165, 1.54) is 18.2 Å². The fraction of sp³-hybridized carbons (Fsp3) is 0.250. The molecule has 0 saturated carbocycles. The summed E-state index contributed by atoms with van der Waals surface area (Å²) in [5.74, 6) is -0.927. The molecule has 0 bridgehead atoms. The Morgan fingerprint density at radius 2 is 1.58 bits per heavy atom. The van der Waals surface area contributed by atoms with Crippen LogP contribution in [0.5, 0.6) is 5.75 Å². The largest absolute Gasteiger partial charge is 0.506 e. The summed E-state index contributed by atoms with van der Waals surface area (Å²) in [6.45, 7) is 1.34. The minimum absolute atomic E-state index is 0.0664. The van der Waals surface area contributed by atoms with E-state index in [-0.39, 0.29) is 29.5 Å². The van der Waals surface area contributed by atoms with Gasteiger partial charge < -0.3 is 15.3 Å². The van der Waals surface area contributed by atoms with E-state index in [9.17, 15) is 27.9 Å². The van der Waals surface area contributed by atoms with Crippen molar-refractivity contribution in [2.24, 2.45) is 0 Å². The zero-order valence-electron chi connectivity index (χ0n) is 17.6. The summed E-state index contributed by atoms with van der Waals surface area (Å²) in [6, 6.07) is 15.4. The van der Waals surface area contributed by atoms with Crippen molar-refractivity contribution in [2.75, 3.05) is 38.0 Å². The number of nitrogens with zero attached hydrogens (tertiary/aromatic N) is 2. The molecule has 1 aliphatic heterocycles. The van der Waals surface area contributed by atoms with Crippen LogP contribution in [0.1, 0.15) is 15.9 Å². The summed E-state index contributed by atoms with van der Waals surface area (Å²) in [4.78, 5) is 28.6. The van der Waals surface area contributed by atoms with E-state index < -0.39 is 17.6 Å². The normalized spacial score (nSPS) is 14.9. The lowest BCUT2D eigenvalue weighted by atomic mass is 10.0. The van der Waals surface area contributed by atoms with Gasteiger partial charge in [-0.25, -0.2) is 0 Å². The minimum Gasteiger partial charge on any atom is -0.506 e. The Morgan fingerprint density at radius 1 is 0.909 bits per heavy atom. The first-order chi connectivity index (χ1) is 15.7. The smallest absolute Gasteiger partial charge is 0.418 e. The molecular formula is C24H22F3N3O3. The van der Waals surface area contributed by atoms with E-state index in [1.807, 2.05) is 12.1 Å². The summed E-state index contributed by atoms with van der Waals surface area (Å²) in [6.07, 6.45) is -4.57. The molecule has 0 spiro atoms. The van der Waals surface area contributed by atoms with Crippen molar-refractivity contribution in [2.45, 2.75) is 6.18 Å². The van der Waals surface area contributed by atoms with E-state index in [0.717, 1.165) is 11.5 Å². The molecule has 0 aliphatic carbocycles. The van der Waals surface area contributed by atoms with Gasteiger partial charge in [0.2, 0.25) is 5.91 Å². The number of benzene rings is 3. The number of hydrogen-bond acceptors (Lipinski definition) is 4. The third kappa shape index (κ3) is 4.93. The highest BCUT2D eigenvalue weighted by atomic mass is 19.4. The average Bonchev–Trinajstić information content (AvgIpc) is 2.79. The topological polar surface area (TPSA) is 72.9 Å². The van der Waals surface area contributed by atoms with Crippen molar-refractivity contribution < 1.29 is 27.9 Å². The summed E-state index contributed by atoms with van der Waals surface area (Å²) in [5.41, 5.74) is -0.969. The van der Waals surface area contributed by atoms with Crippen molar-refractivity contribution in [3.8, 4) is 5.75 Å². The molecule has 172 valence electrons. The summed E-state index contributed by atoms with van der Waals surface area (Å²) < 4.78 is 39.3. The van der Waals surface area contributed by atoms with Gasteiger partial charge in [0, 0.05) is 31.6 Å². The number of nitrogens with one attached hydrogen (secondary N) is 1. The highest BCUT2D eigenvalue weighted by Crippen LogP contribution is 2.34. The standard InChI is InChI=1S/C24H22F3N3O3/c25-24(26,27)19-7-3-4-8-20(19)28-21(31)15-29-11-13-30(14-12-29)23(33)18-10-9-16-5-1-2-6-17(16)22(18)32/h1-10,32H,11-15H2,(H,28,31). The molecule has 0 aromatic heterocycles. The van der Waals surface area contributed by atoms with E-state index in [4.69, 9.17) is 0 Å². The number of para-hydroxylation sites is 1. The number of phenols is 1. The molecule has 33 heavy (non-hydrogen) atoms. The van der Waals surface area contributed by atoms with Gasteiger partial charge in [-0.15, -0.1) is 0 Å². The molecule has 6 nitrogen and oxygen atoms in total. The van der Waals surface area contributed by atoms with Gasteiger partial charge in [-0.05, 0) is 23.6 Å². The lowest BCUT2D eigenvalue weighted by Gasteiger charge is -2.34. The monoisotopic (exact) mass is 457 g/mol. The number of piperazine rings is 1. The second-order valence-corrected chi connectivity index (χ2v) is 7.84. The first-order valence-electron chi connectivity index (χ1n) is 10.4. The number of fused-ring (bicyclic) bond motifs is 1. The van der Waals surface area contributed by atoms with Gasteiger partial charge in [-0.3, -0.25) is 14.5 Å². The van der Waals surface area contributed by atoms with Gasteiger partial charge in [-0.2, -0.15) is 13.2 Å². The van der Waals surface area contributed by atoms with Crippen LogP contribution in [0.3, 0.4) is 0 Å². The van der Waals surface area contributed by atoms with Gasteiger partial charge in [0.05, 0.1) is 23.4 Å². The fourth-order valence-electron chi connectivity index (χ4n) is 3.94. The molecule has 3 aromatic carbocycles. The Morgan fingerprint density at radius 3 is 2.30 bits per heavy atom. The van der Waals surface area contributed by atoms with Crippen LogP contribution in [-0.4, -0.2) is 59.4 Å². The van der Waals surface area contributed by atoms with Crippen LogP contribution in [0.2, 0.25) is 0 Å². The third-order valence-corrected chi connectivity index (χ3v) is 5.66. The molecular weight excluding hydrogens is 435 g/mol. The number of alkyl halides is 3. The van der Waals surface area contributed by atoms with E-state index in [2.05, 4.69) is 5.32 Å². The van der Waals surface area contributed by atoms with Crippen LogP contribution in [0.4, 0.5) is 18.9 Å². The van der Waals surface area contributed by atoms with Crippen LogP contribution in [0.25, 0.3) is 10.8 Å². The lowest BCUT2D eigenvalue weighted by molar-refractivity contribution is -0.137. The zero-order chi connectivity index (χ0) is 23.6. The highest BCUT2D eigenvalue weighted by molar-refractivity contribution is 6.03. The van der Waals surface area contributed by atoms with Crippen LogP contribution < -0.4 is 5.32 Å². The molecule has 0 radical (unpaired) electrons. The van der Waals surface area contributed by atoms with Crippen LogP contribution in [-0.2, 0) is 11.0 Å². The van der Waals surface area contributed by atoms with E-state index in [0.29, 0.717) is 31.6 Å². The Kier molecular flexibility index (Phi) is 6.24. The number of halogens is 3. The molecule has 9 heteroatoms. The number of amides is 2. The maximum absolute atomic E-state index is 13.1. The molecule has 1 aliphatic rings. The fourth-order valence-corrected chi connectivity index (χ4v) is 3.94. The van der Waals surface area contributed by atoms with Crippen molar-refractivity contribution in [3.05, 3.63) is 71.8 Å². The molecule has 0 unspecified atom stereocenters. The Bertz CT molecular complexity index is 1190. The Hall–Kier alpha value is -3.59. The molecule has 4 rings (SSSR count). The lowest BCUT2D eigenvalue weighted by Crippen LogP contribution is -2.50. The van der Waals surface area contributed by atoms with Gasteiger partial charge in [0.25, 0.3) is 5.91 Å². The molecule has 1 saturated heterocycles. The Labute approximate surface area is 188 Å². The first kappa shape index (κ1) is 22.6. The molecule has 2 amide bonds. The predicted octanol–water partition coefficient (Wildman–Crippen LogP) is 3.96. The summed E-state index contributed by atoms with van der Waals surface area (Å²) in [7, 11) is 0. The van der Waals surface area contributed by atoms with Gasteiger partial charge in [0.15, 0.2) is 0 Å². The van der Waals surface area contributed by atoms with Gasteiger partial charge >= 0.3 is 6.18 Å². The quantitative estimate of drug-likeness (QED) is 0.622. The maximum Gasteiger partial charge on any atom is 0.418 e. The SMILES string of the molecule is O=C(CN1CCN(C(=O)c2ccc3ccccc3c2O)CC1)Nc1ccccc1C(F)(F)F. The number of anilines is 1. The van der Waals surface area contributed by atoms with Crippen LogP contribution >= 0.6 is 0 Å². The average molecular weight is 457 g/mol. The molecule has 0 atom stereocenters. The molecule has 1 heterocycles. The minimum atomic E-state index is -4.57. The summed E-state index contributed by atoms with van der Waals surface area (Å²) in [5, 5.41) is 14.3. The first-order valence-corrected chi connectivity index (χ1v) is 10.4. The van der Waals surface area contributed by atoms with Crippen molar-refractivity contribution in [1.29, 1.82) is 0 Å². The van der Waals surface area contributed by atoms with E-state index >= 15 is 0 Å². The molecule has 3 aromatic rings. The van der Waals surface area contributed by atoms with Crippen molar-refractivity contribution in [1.82, 2.24) is 9.80 Å². The Balaban J connectivity index is 1.35. The third-order valence-electron chi connectivity index (χ3n) is 5.66. The number of carbonyl (C=O) groups excluding carboxylic acids is 2. The number of hydrogen-bond donors (Lipinski definition) is 2. The van der Waals surface area contributed by atoms with Crippen molar-refractivity contribution in [3.63, 3.8) is 0 Å². The highest BCUT2D eigenvalue weighted by Gasteiger charge is 2.33. The molecule has 2 N–H and O–H groups in total.